The molecule has 10 nitrogen and oxygen atoms in total. The summed E-state index contributed by atoms with van der Waals surface area (Å²) in [5, 5.41) is 13.5. The van der Waals surface area contributed by atoms with E-state index in [0.717, 1.165) is 4.31 Å². The first-order valence-corrected chi connectivity index (χ1v) is 10.1. The van der Waals surface area contributed by atoms with Crippen LogP contribution in [0.4, 0.5) is 10.1 Å². The first-order valence-electron chi connectivity index (χ1n) is 8.62. The van der Waals surface area contributed by atoms with E-state index in [9.17, 15) is 17.6 Å². The molecule has 0 unspecified atom stereocenters. The van der Waals surface area contributed by atoms with Crippen LogP contribution in [-0.4, -0.2) is 60.0 Å². The number of amides is 1. The molecule has 1 N–H and O–H groups in total. The van der Waals surface area contributed by atoms with Gasteiger partial charge >= 0.3 is 0 Å². The number of hydrogen-bond donors (Lipinski definition) is 1. The average Bonchev–Trinajstić information content (AvgIpc) is 3.14. The van der Waals surface area contributed by atoms with E-state index in [-0.39, 0.29) is 21.9 Å². The van der Waals surface area contributed by atoms with Crippen molar-refractivity contribution >= 4 is 21.6 Å². The molecular weight excluding hydrogens is 415 g/mol. The van der Waals surface area contributed by atoms with Crippen LogP contribution in [0.2, 0.25) is 0 Å². The number of benzene rings is 2. The van der Waals surface area contributed by atoms with E-state index < -0.39 is 21.7 Å². The van der Waals surface area contributed by atoms with Crippen molar-refractivity contribution in [3.63, 3.8) is 0 Å². The van der Waals surface area contributed by atoms with E-state index in [1.807, 2.05) is 0 Å². The van der Waals surface area contributed by atoms with Crippen molar-refractivity contribution in [2.24, 2.45) is 0 Å². The van der Waals surface area contributed by atoms with Gasteiger partial charge in [-0.1, -0.05) is 0 Å². The number of tetrazole rings is 1. The Morgan fingerprint density at radius 1 is 1.20 bits per heavy atom. The van der Waals surface area contributed by atoms with E-state index in [1.54, 1.807) is 6.92 Å². The number of carbonyl (C=O) groups excluding carboxylic acids is 1. The number of aromatic nitrogens is 4. The molecule has 3 rings (SSSR count). The molecule has 2 aromatic carbocycles. The van der Waals surface area contributed by atoms with Crippen LogP contribution in [0.15, 0.2) is 41.3 Å². The summed E-state index contributed by atoms with van der Waals surface area (Å²) in [6, 6.07) is 7.93. The summed E-state index contributed by atoms with van der Waals surface area (Å²) in [5.41, 5.74) is 0.347. The van der Waals surface area contributed by atoms with Crippen molar-refractivity contribution in [2.45, 2.75) is 11.8 Å². The van der Waals surface area contributed by atoms with Gasteiger partial charge in [-0.2, -0.15) is 4.68 Å². The number of nitrogens with one attached hydrogen (secondary N) is 1. The second-order valence-corrected chi connectivity index (χ2v) is 8.53. The molecule has 0 bridgehead atoms. The maximum atomic E-state index is 14.3. The standard InChI is InChI=1S/C18H19FN6O4S/c1-11-21-22-23-25(11)13-6-7-14(19)15(10-13)20-18(26)12-5-8-16(29-4)17(9-12)30(27,28)24(2)3/h5-10H,1-4H3,(H,20,26). The number of rotatable bonds is 6. The Labute approximate surface area is 172 Å². The molecule has 0 fully saturated rings. The van der Waals surface area contributed by atoms with Gasteiger partial charge in [0.2, 0.25) is 10.0 Å². The summed E-state index contributed by atoms with van der Waals surface area (Å²) in [5.74, 6) is -0.806. The molecule has 158 valence electrons. The minimum Gasteiger partial charge on any atom is -0.495 e. The molecule has 1 heterocycles. The summed E-state index contributed by atoms with van der Waals surface area (Å²) in [6.07, 6.45) is 0. The lowest BCUT2D eigenvalue weighted by Crippen LogP contribution is -2.23. The molecule has 0 aliphatic carbocycles. The molecule has 0 atom stereocenters. The van der Waals surface area contributed by atoms with Gasteiger partial charge in [0.15, 0.2) is 5.82 Å². The molecule has 30 heavy (non-hydrogen) atoms. The number of hydrogen-bond acceptors (Lipinski definition) is 7. The van der Waals surface area contributed by atoms with Crippen molar-refractivity contribution in [2.75, 3.05) is 26.5 Å². The van der Waals surface area contributed by atoms with Gasteiger partial charge in [-0.15, -0.1) is 5.10 Å². The van der Waals surface area contributed by atoms with Crippen LogP contribution < -0.4 is 10.1 Å². The first-order chi connectivity index (χ1) is 14.1. The van der Waals surface area contributed by atoms with Gasteiger partial charge in [0.05, 0.1) is 18.5 Å². The van der Waals surface area contributed by atoms with Crippen LogP contribution in [0, 0.1) is 12.7 Å². The van der Waals surface area contributed by atoms with Gasteiger partial charge in [-0.05, 0) is 53.7 Å². The number of halogens is 1. The third-order valence-corrected chi connectivity index (χ3v) is 6.09. The minimum absolute atomic E-state index is 0.0135. The van der Waals surface area contributed by atoms with Gasteiger partial charge < -0.3 is 10.1 Å². The first kappa shape index (κ1) is 21.3. The molecule has 12 heteroatoms. The zero-order chi connectivity index (χ0) is 22.1. The molecule has 0 aliphatic heterocycles. The summed E-state index contributed by atoms with van der Waals surface area (Å²) in [7, 11) is 0.185. The number of carbonyl (C=O) groups is 1. The van der Waals surface area contributed by atoms with E-state index in [0.29, 0.717) is 11.5 Å². The van der Waals surface area contributed by atoms with Crippen LogP contribution in [-0.2, 0) is 10.0 Å². The predicted molar refractivity (Wildman–Crippen MR) is 106 cm³/mol. The molecule has 0 saturated carbocycles. The van der Waals surface area contributed by atoms with Crippen LogP contribution >= 0.6 is 0 Å². The lowest BCUT2D eigenvalue weighted by Gasteiger charge is -2.15. The van der Waals surface area contributed by atoms with Crippen molar-refractivity contribution in [1.82, 2.24) is 24.5 Å². The smallest absolute Gasteiger partial charge is 0.255 e. The lowest BCUT2D eigenvalue weighted by molar-refractivity contribution is 0.102. The average molecular weight is 434 g/mol. The zero-order valence-electron chi connectivity index (χ0n) is 16.6. The Bertz CT molecular complexity index is 1210. The van der Waals surface area contributed by atoms with Crippen LogP contribution in [0.25, 0.3) is 5.69 Å². The molecule has 0 aliphatic rings. The highest BCUT2D eigenvalue weighted by atomic mass is 32.2. The van der Waals surface area contributed by atoms with Crippen molar-refractivity contribution in [3.05, 3.63) is 53.6 Å². The number of nitrogens with zero attached hydrogens (tertiary/aromatic N) is 5. The van der Waals surface area contributed by atoms with Gasteiger partial charge in [0, 0.05) is 19.7 Å². The maximum absolute atomic E-state index is 14.3. The van der Waals surface area contributed by atoms with E-state index in [1.165, 1.54) is 62.3 Å². The van der Waals surface area contributed by atoms with Gasteiger partial charge in [-0.25, -0.2) is 17.1 Å². The highest BCUT2D eigenvalue weighted by molar-refractivity contribution is 7.89. The third-order valence-electron chi connectivity index (χ3n) is 4.25. The summed E-state index contributed by atoms with van der Waals surface area (Å²) in [6.45, 7) is 1.67. The van der Waals surface area contributed by atoms with Crippen molar-refractivity contribution < 1.29 is 22.3 Å². The summed E-state index contributed by atoms with van der Waals surface area (Å²) in [4.78, 5) is 12.5. The van der Waals surface area contributed by atoms with Crippen molar-refractivity contribution in [3.8, 4) is 11.4 Å². The summed E-state index contributed by atoms with van der Waals surface area (Å²) < 4.78 is 46.8. The fraction of sp³-hybridized carbons (Fsp3) is 0.222. The normalized spacial score (nSPS) is 11.5. The zero-order valence-corrected chi connectivity index (χ0v) is 17.4. The monoisotopic (exact) mass is 434 g/mol. The molecule has 0 radical (unpaired) electrons. The third kappa shape index (κ3) is 4.00. The molecule has 1 aromatic heterocycles. The Kier molecular flexibility index (Phi) is 5.80. The lowest BCUT2D eigenvalue weighted by atomic mass is 10.2. The second-order valence-electron chi connectivity index (χ2n) is 6.41. The fourth-order valence-electron chi connectivity index (χ4n) is 2.62. The molecule has 0 saturated heterocycles. The summed E-state index contributed by atoms with van der Waals surface area (Å²) >= 11 is 0. The van der Waals surface area contributed by atoms with E-state index >= 15 is 0 Å². The highest BCUT2D eigenvalue weighted by Gasteiger charge is 2.24. The fourth-order valence-corrected chi connectivity index (χ4v) is 3.70. The molecule has 1 amide bonds. The Balaban J connectivity index is 1.96. The maximum Gasteiger partial charge on any atom is 0.255 e. The number of ether oxygens (including phenoxy) is 1. The number of aryl methyl sites for hydroxylation is 1. The Hall–Kier alpha value is -3.38. The molecule has 0 spiro atoms. The van der Waals surface area contributed by atoms with Crippen LogP contribution in [0.5, 0.6) is 5.75 Å². The van der Waals surface area contributed by atoms with Gasteiger partial charge in [0.25, 0.3) is 5.91 Å². The van der Waals surface area contributed by atoms with Gasteiger partial charge in [-0.3, -0.25) is 4.79 Å². The van der Waals surface area contributed by atoms with Crippen LogP contribution in [0.1, 0.15) is 16.2 Å². The topological polar surface area (TPSA) is 119 Å². The Morgan fingerprint density at radius 3 is 2.53 bits per heavy atom. The second kappa shape index (κ2) is 8.16. The van der Waals surface area contributed by atoms with Gasteiger partial charge in [0.1, 0.15) is 16.5 Å². The number of methoxy groups -OCH3 is 1. The SMILES string of the molecule is COc1ccc(C(=O)Nc2cc(-n3nnnc3C)ccc2F)cc1S(=O)(=O)N(C)C. The predicted octanol–water partition coefficient (Wildman–Crippen LogP) is 1.62. The largest absolute Gasteiger partial charge is 0.495 e. The van der Waals surface area contributed by atoms with Crippen molar-refractivity contribution in [1.29, 1.82) is 0 Å². The Morgan fingerprint density at radius 2 is 1.93 bits per heavy atom. The number of sulfonamides is 1. The number of anilines is 1. The van der Waals surface area contributed by atoms with Crippen LogP contribution in [0.3, 0.4) is 0 Å². The highest BCUT2D eigenvalue weighted by Crippen LogP contribution is 2.27. The molecule has 3 aromatic rings. The van der Waals surface area contributed by atoms with E-state index in [4.69, 9.17) is 4.74 Å². The quantitative estimate of drug-likeness (QED) is 0.626. The van der Waals surface area contributed by atoms with E-state index in [2.05, 4.69) is 20.8 Å². The molecular formula is C18H19FN6O4S. The minimum atomic E-state index is -3.87.